The van der Waals surface area contributed by atoms with Gasteiger partial charge in [-0.1, -0.05) is 17.8 Å². The van der Waals surface area contributed by atoms with Crippen LogP contribution in [0, 0.1) is 0 Å². The van der Waals surface area contributed by atoms with Crippen LogP contribution in [0.15, 0.2) is 22.7 Å². The number of benzene rings is 1. The Hall–Kier alpha value is -1.80. The molecule has 21 heavy (non-hydrogen) atoms. The fraction of sp³-hybridized carbons (Fsp3) is 0.231. The minimum Gasteiger partial charge on any atom is -0.478 e. The number of aryl methyl sites for hydroxylation is 1. The lowest BCUT2D eigenvalue weighted by Crippen LogP contribution is -2.13. The van der Waals surface area contributed by atoms with Gasteiger partial charge in [-0.15, -0.1) is 5.10 Å². The first-order chi connectivity index (χ1) is 10.0. The Balaban J connectivity index is 2.21. The highest BCUT2D eigenvalue weighted by Crippen LogP contribution is 2.22. The van der Waals surface area contributed by atoms with Crippen molar-refractivity contribution in [3.63, 3.8) is 0 Å². The van der Waals surface area contributed by atoms with Crippen molar-refractivity contribution in [1.29, 1.82) is 0 Å². The number of anilines is 1. The van der Waals surface area contributed by atoms with Crippen molar-refractivity contribution in [3.05, 3.63) is 38.8 Å². The van der Waals surface area contributed by atoms with Crippen molar-refractivity contribution in [3.8, 4) is 0 Å². The molecule has 2 rings (SSSR count). The number of hydrogen-bond acceptors (Lipinski definition) is 5. The molecule has 1 aromatic carbocycles. The van der Waals surface area contributed by atoms with Crippen LogP contribution in [0.1, 0.15) is 39.1 Å². The van der Waals surface area contributed by atoms with E-state index in [4.69, 9.17) is 5.11 Å². The van der Waals surface area contributed by atoms with E-state index in [2.05, 4.69) is 30.8 Å². The van der Waals surface area contributed by atoms with Crippen LogP contribution in [0.4, 0.5) is 5.69 Å². The number of halogens is 1. The molecule has 6 nitrogen and oxygen atoms in total. The van der Waals surface area contributed by atoms with Gasteiger partial charge in [0.05, 0.1) is 11.3 Å². The van der Waals surface area contributed by atoms with Gasteiger partial charge in [-0.2, -0.15) is 0 Å². The van der Waals surface area contributed by atoms with Crippen molar-refractivity contribution in [2.45, 2.75) is 19.8 Å². The molecule has 0 spiro atoms. The highest BCUT2D eigenvalue weighted by molar-refractivity contribution is 9.10. The molecule has 0 aliphatic carbocycles. The van der Waals surface area contributed by atoms with Crippen LogP contribution in [-0.4, -0.2) is 26.6 Å². The van der Waals surface area contributed by atoms with Gasteiger partial charge in [-0.05, 0) is 52.1 Å². The third kappa shape index (κ3) is 3.64. The zero-order chi connectivity index (χ0) is 15.4. The SMILES string of the molecule is CCCc1nnsc1C(=O)Nc1ccc(Br)c(C(=O)O)c1. The Kier molecular flexibility index (Phi) is 5.03. The highest BCUT2D eigenvalue weighted by Gasteiger charge is 2.17. The molecule has 2 aromatic rings. The molecule has 0 aliphatic rings. The lowest BCUT2D eigenvalue weighted by Gasteiger charge is -2.06. The minimum absolute atomic E-state index is 0.0870. The molecule has 0 atom stereocenters. The fourth-order valence-electron chi connectivity index (χ4n) is 1.74. The lowest BCUT2D eigenvalue weighted by atomic mass is 10.2. The van der Waals surface area contributed by atoms with Crippen LogP contribution >= 0.6 is 27.5 Å². The number of aromatic carboxylic acids is 1. The molecule has 8 heteroatoms. The molecule has 0 unspecified atom stereocenters. The minimum atomic E-state index is -1.07. The molecule has 110 valence electrons. The number of nitrogens with zero attached hydrogens (tertiary/aromatic N) is 2. The lowest BCUT2D eigenvalue weighted by molar-refractivity contribution is 0.0695. The summed E-state index contributed by atoms with van der Waals surface area (Å²) in [5.74, 6) is -1.39. The molecule has 1 amide bonds. The quantitative estimate of drug-likeness (QED) is 0.843. The van der Waals surface area contributed by atoms with E-state index in [1.54, 1.807) is 12.1 Å². The first-order valence-electron chi connectivity index (χ1n) is 6.18. The van der Waals surface area contributed by atoms with Crippen LogP contribution < -0.4 is 5.32 Å². The van der Waals surface area contributed by atoms with E-state index < -0.39 is 5.97 Å². The molecule has 0 saturated carbocycles. The third-order valence-corrected chi connectivity index (χ3v) is 4.16. The fourth-order valence-corrected chi connectivity index (χ4v) is 2.76. The third-order valence-electron chi connectivity index (χ3n) is 2.70. The number of rotatable bonds is 5. The molecular weight excluding hydrogens is 358 g/mol. The van der Waals surface area contributed by atoms with Gasteiger partial charge in [0, 0.05) is 10.2 Å². The predicted octanol–water partition coefficient (Wildman–Crippen LogP) is 3.20. The number of aromatic nitrogens is 2. The average molecular weight is 370 g/mol. The van der Waals surface area contributed by atoms with Crippen LogP contribution in [0.25, 0.3) is 0 Å². The summed E-state index contributed by atoms with van der Waals surface area (Å²) in [7, 11) is 0. The van der Waals surface area contributed by atoms with Crippen molar-refractivity contribution in [1.82, 2.24) is 9.59 Å². The summed E-state index contributed by atoms with van der Waals surface area (Å²) in [6.07, 6.45) is 1.55. The van der Waals surface area contributed by atoms with Gasteiger partial charge in [0.2, 0.25) is 0 Å². The summed E-state index contributed by atoms with van der Waals surface area (Å²) in [5, 5.41) is 15.7. The van der Waals surface area contributed by atoms with Crippen molar-refractivity contribution < 1.29 is 14.7 Å². The second-order valence-electron chi connectivity index (χ2n) is 4.25. The maximum Gasteiger partial charge on any atom is 0.336 e. The molecule has 0 bridgehead atoms. The van der Waals surface area contributed by atoms with Gasteiger partial charge < -0.3 is 10.4 Å². The second kappa shape index (κ2) is 6.77. The zero-order valence-corrected chi connectivity index (χ0v) is 13.5. The average Bonchev–Trinajstić information content (AvgIpc) is 2.89. The van der Waals surface area contributed by atoms with E-state index in [1.165, 1.54) is 6.07 Å². The Bertz CT molecular complexity index is 687. The topological polar surface area (TPSA) is 92.2 Å². The Labute approximate surface area is 133 Å². The predicted molar refractivity (Wildman–Crippen MR) is 83.0 cm³/mol. The summed E-state index contributed by atoms with van der Waals surface area (Å²) >= 11 is 4.19. The summed E-state index contributed by atoms with van der Waals surface area (Å²) in [4.78, 5) is 23.7. The first-order valence-corrected chi connectivity index (χ1v) is 7.75. The number of carbonyl (C=O) groups excluding carboxylic acids is 1. The Morgan fingerprint density at radius 2 is 2.19 bits per heavy atom. The monoisotopic (exact) mass is 369 g/mol. The number of carbonyl (C=O) groups is 2. The molecule has 2 N–H and O–H groups in total. The van der Waals surface area contributed by atoms with Crippen LogP contribution in [0.3, 0.4) is 0 Å². The molecule has 0 saturated heterocycles. The molecule has 1 aromatic heterocycles. The molecule has 1 heterocycles. The van der Waals surface area contributed by atoms with E-state index in [0.29, 0.717) is 27.2 Å². The standard InChI is InChI=1S/C13H12BrN3O3S/c1-2-3-10-11(21-17-16-10)12(18)15-7-4-5-9(14)8(6-7)13(19)20/h4-6H,2-3H2,1H3,(H,15,18)(H,19,20). The Morgan fingerprint density at radius 3 is 2.86 bits per heavy atom. The number of hydrogen-bond donors (Lipinski definition) is 2. The maximum atomic E-state index is 12.2. The van der Waals surface area contributed by atoms with Crippen molar-refractivity contribution in [2.75, 3.05) is 5.32 Å². The number of nitrogens with one attached hydrogen (secondary N) is 1. The van der Waals surface area contributed by atoms with Gasteiger partial charge >= 0.3 is 5.97 Å². The largest absolute Gasteiger partial charge is 0.478 e. The van der Waals surface area contributed by atoms with E-state index in [-0.39, 0.29) is 11.5 Å². The molecular formula is C13H12BrN3O3S. The van der Waals surface area contributed by atoms with Crippen molar-refractivity contribution >= 4 is 45.0 Å². The van der Waals surface area contributed by atoms with Gasteiger partial charge in [-0.25, -0.2) is 4.79 Å². The van der Waals surface area contributed by atoms with Gasteiger partial charge in [0.15, 0.2) is 0 Å². The van der Waals surface area contributed by atoms with Gasteiger partial charge in [0.1, 0.15) is 4.88 Å². The van der Waals surface area contributed by atoms with Crippen molar-refractivity contribution in [2.24, 2.45) is 0 Å². The highest BCUT2D eigenvalue weighted by atomic mass is 79.9. The normalized spacial score (nSPS) is 10.4. The van der Waals surface area contributed by atoms with E-state index >= 15 is 0 Å². The number of carboxylic acid groups (broad SMARTS) is 1. The summed E-state index contributed by atoms with van der Waals surface area (Å²) in [6.45, 7) is 1.99. The molecule has 0 fully saturated rings. The van der Waals surface area contributed by atoms with E-state index in [9.17, 15) is 9.59 Å². The van der Waals surface area contributed by atoms with Gasteiger partial charge in [0.25, 0.3) is 5.91 Å². The van der Waals surface area contributed by atoms with Gasteiger partial charge in [-0.3, -0.25) is 4.79 Å². The number of amides is 1. The smallest absolute Gasteiger partial charge is 0.336 e. The molecule has 0 aliphatic heterocycles. The number of carboxylic acids is 1. The Morgan fingerprint density at radius 1 is 1.43 bits per heavy atom. The zero-order valence-electron chi connectivity index (χ0n) is 11.1. The van der Waals surface area contributed by atoms with Crippen LogP contribution in [0.5, 0.6) is 0 Å². The first kappa shape index (κ1) is 15.6. The summed E-state index contributed by atoms with van der Waals surface area (Å²) in [5.41, 5.74) is 1.16. The maximum absolute atomic E-state index is 12.2. The second-order valence-corrected chi connectivity index (χ2v) is 5.86. The van der Waals surface area contributed by atoms with Crippen LogP contribution in [-0.2, 0) is 6.42 Å². The summed E-state index contributed by atoms with van der Waals surface area (Å²) in [6, 6.07) is 4.61. The van der Waals surface area contributed by atoms with Crippen LogP contribution in [0.2, 0.25) is 0 Å². The van der Waals surface area contributed by atoms with E-state index in [0.717, 1.165) is 18.0 Å². The molecule has 0 radical (unpaired) electrons. The summed E-state index contributed by atoms with van der Waals surface area (Å²) < 4.78 is 4.25. The van der Waals surface area contributed by atoms with E-state index in [1.807, 2.05) is 6.92 Å².